The Labute approximate surface area is 222 Å². The number of pyridine rings is 1. The molecule has 0 bridgehead atoms. The molecule has 1 fully saturated rings. The number of likely N-dealkylation sites (N-methyl/N-ethyl adjacent to an activating group) is 1. The van der Waals surface area contributed by atoms with E-state index in [0.29, 0.717) is 42.5 Å². The van der Waals surface area contributed by atoms with Crippen molar-refractivity contribution in [2.24, 2.45) is 0 Å². The summed E-state index contributed by atoms with van der Waals surface area (Å²) in [6, 6.07) is 3.73. The van der Waals surface area contributed by atoms with Gasteiger partial charge >= 0.3 is 12.2 Å². The summed E-state index contributed by atoms with van der Waals surface area (Å²) in [6.45, 7) is 2.73. The van der Waals surface area contributed by atoms with Crippen LogP contribution in [0.25, 0.3) is 22.2 Å². The van der Waals surface area contributed by atoms with E-state index < -0.39 is 29.1 Å². The van der Waals surface area contributed by atoms with Crippen LogP contribution in [0.4, 0.5) is 29.2 Å². The van der Waals surface area contributed by atoms with E-state index in [0.717, 1.165) is 32.2 Å². The van der Waals surface area contributed by atoms with Crippen LogP contribution < -0.4 is 15.4 Å². The number of nitrogen functional groups attached to an aromatic ring is 1. The number of nitrogens with two attached hydrogens (primary N) is 1. The third-order valence-corrected chi connectivity index (χ3v) is 7.26. The van der Waals surface area contributed by atoms with Crippen LogP contribution in [0.15, 0.2) is 30.4 Å². The number of fused-ring (bicyclic) bond motifs is 1. The van der Waals surface area contributed by atoms with Gasteiger partial charge in [0.25, 0.3) is 0 Å². The highest BCUT2D eigenvalue weighted by atomic mass is 35.5. The van der Waals surface area contributed by atoms with Crippen molar-refractivity contribution in [1.82, 2.24) is 19.9 Å². The summed E-state index contributed by atoms with van der Waals surface area (Å²) >= 11 is 6.52. The molecular weight excluding hydrogens is 524 g/mol. The van der Waals surface area contributed by atoms with Gasteiger partial charge in [-0.05, 0) is 51.4 Å². The van der Waals surface area contributed by atoms with Gasteiger partial charge in [0, 0.05) is 36.1 Å². The zero-order valence-corrected chi connectivity index (χ0v) is 21.5. The van der Waals surface area contributed by atoms with E-state index in [2.05, 4.69) is 31.9 Å². The van der Waals surface area contributed by atoms with Crippen LogP contribution in [0.1, 0.15) is 31.2 Å². The molecule has 2 N–H and O–H groups in total. The molecule has 7 nitrogen and oxygen atoms in total. The minimum absolute atomic E-state index is 0.0560. The summed E-state index contributed by atoms with van der Waals surface area (Å²) in [4.78, 5) is 17.3. The Morgan fingerprint density at radius 2 is 1.82 bits per heavy atom. The maximum absolute atomic E-state index is 14.5. The number of hydrogen-bond acceptors (Lipinski definition) is 7. The summed E-state index contributed by atoms with van der Waals surface area (Å²) in [5.74, 6) is -1.35. The van der Waals surface area contributed by atoms with Gasteiger partial charge in [-0.1, -0.05) is 23.8 Å². The molecule has 0 saturated carbocycles. The number of hydrogen-bond donors (Lipinski definition) is 1. The van der Waals surface area contributed by atoms with E-state index in [9.17, 15) is 17.6 Å². The van der Waals surface area contributed by atoms with E-state index in [1.54, 1.807) is 0 Å². The Kier molecular flexibility index (Phi) is 7.32. The first-order valence-corrected chi connectivity index (χ1v) is 12.8. The van der Waals surface area contributed by atoms with Gasteiger partial charge in [0.2, 0.25) is 0 Å². The molecule has 12 heteroatoms. The lowest BCUT2D eigenvalue weighted by Crippen LogP contribution is -2.31. The van der Waals surface area contributed by atoms with Crippen molar-refractivity contribution in [2.75, 3.05) is 43.9 Å². The van der Waals surface area contributed by atoms with Crippen LogP contribution in [-0.2, 0) is 6.18 Å². The second-order valence-corrected chi connectivity index (χ2v) is 9.96. The Morgan fingerprint density at radius 3 is 2.47 bits per heavy atom. The average Bonchev–Trinajstić information content (AvgIpc) is 3.08. The quantitative estimate of drug-likeness (QED) is 0.322. The third-order valence-electron chi connectivity index (χ3n) is 6.95. The van der Waals surface area contributed by atoms with Crippen LogP contribution in [0.5, 0.6) is 6.01 Å². The second kappa shape index (κ2) is 10.5. The topological polar surface area (TPSA) is 80.4 Å². The lowest BCUT2D eigenvalue weighted by atomic mass is 10.0. The standard InChI is InChI=1S/C26H27ClF4N6O/c1-36-8-6-7-15(36)14-38-25-33-20-12-16(23-22(26(29,30)31)19(28)13-21(32)34-23)18(27)11-17(20)24(35-25)37-9-4-2-3-5-10-37/h2-3,11-13,15H,4-10,14H2,1H3,(H2,32,34). The van der Waals surface area contributed by atoms with Gasteiger partial charge in [0.05, 0.1) is 16.2 Å². The molecule has 1 saturated heterocycles. The second-order valence-electron chi connectivity index (χ2n) is 9.55. The van der Waals surface area contributed by atoms with E-state index in [1.807, 2.05) is 7.05 Å². The number of ether oxygens (including phenoxy) is 1. The Bertz CT molecular complexity index is 1370. The van der Waals surface area contributed by atoms with E-state index in [-0.39, 0.29) is 22.6 Å². The van der Waals surface area contributed by atoms with Gasteiger partial charge < -0.3 is 20.3 Å². The highest BCUT2D eigenvalue weighted by Crippen LogP contribution is 2.42. The molecule has 5 rings (SSSR count). The minimum Gasteiger partial charge on any atom is -0.462 e. The fraction of sp³-hybridized carbons (Fsp3) is 0.423. The van der Waals surface area contributed by atoms with Gasteiger partial charge in [-0.25, -0.2) is 9.37 Å². The fourth-order valence-electron chi connectivity index (χ4n) is 4.98. The highest BCUT2D eigenvalue weighted by Gasteiger charge is 2.39. The zero-order chi connectivity index (χ0) is 27.0. The molecule has 1 aromatic carbocycles. The highest BCUT2D eigenvalue weighted by molar-refractivity contribution is 6.34. The zero-order valence-electron chi connectivity index (χ0n) is 20.7. The minimum atomic E-state index is -5.02. The molecule has 1 atom stereocenters. The van der Waals surface area contributed by atoms with Gasteiger partial charge in [0.1, 0.15) is 29.6 Å². The largest absolute Gasteiger partial charge is 0.462 e. The number of rotatable bonds is 5. The molecule has 1 unspecified atom stereocenters. The van der Waals surface area contributed by atoms with Crippen molar-refractivity contribution in [1.29, 1.82) is 0 Å². The number of nitrogens with zero attached hydrogens (tertiary/aromatic N) is 5. The first-order chi connectivity index (χ1) is 18.1. The van der Waals surface area contributed by atoms with Crippen LogP contribution in [0, 0.1) is 5.82 Å². The van der Waals surface area contributed by atoms with E-state index in [4.69, 9.17) is 27.1 Å². The number of halogens is 5. The molecule has 2 aromatic heterocycles. The Balaban J connectivity index is 1.64. The summed E-state index contributed by atoms with van der Waals surface area (Å²) < 4.78 is 62.0. The average molecular weight is 551 g/mol. The normalized spacial score (nSPS) is 18.8. The molecule has 0 radical (unpaired) electrons. The van der Waals surface area contributed by atoms with Crippen molar-refractivity contribution >= 4 is 34.1 Å². The molecule has 0 spiro atoms. The SMILES string of the molecule is CN1CCCC1COc1nc(N2CCC=CCC2)c2cc(Cl)c(-c3nc(N)cc(F)c3C(F)(F)F)cc2n1. The van der Waals surface area contributed by atoms with Crippen molar-refractivity contribution < 1.29 is 22.3 Å². The predicted octanol–water partition coefficient (Wildman–Crippen LogP) is 5.71. The summed E-state index contributed by atoms with van der Waals surface area (Å²) in [5, 5.41) is 0.489. The Hall–Kier alpha value is -3.18. The molecule has 202 valence electrons. The van der Waals surface area contributed by atoms with Gasteiger partial charge in [-0.15, -0.1) is 0 Å². The number of benzene rings is 1. The third kappa shape index (κ3) is 5.35. The molecule has 0 aliphatic carbocycles. The van der Waals surface area contributed by atoms with Crippen molar-refractivity contribution in [2.45, 2.75) is 37.9 Å². The molecule has 3 aromatic rings. The van der Waals surface area contributed by atoms with Crippen molar-refractivity contribution in [3.63, 3.8) is 0 Å². The predicted molar refractivity (Wildman–Crippen MR) is 139 cm³/mol. The first-order valence-electron chi connectivity index (χ1n) is 12.4. The van der Waals surface area contributed by atoms with E-state index in [1.165, 1.54) is 12.1 Å². The van der Waals surface area contributed by atoms with Crippen LogP contribution in [-0.4, -0.2) is 59.2 Å². The van der Waals surface area contributed by atoms with Crippen molar-refractivity contribution in [3.8, 4) is 17.3 Å². The van der Waals surface area contributed by atoms with Crippen LogP contribution >= 0.6 is 11.6 Å². The molecule has 0 amide bonds. The van der Waals surface area contributed by atoms with Gasteiger partial charge in [-0.2, -0.15) is 23.1 Å². The first kappa shape index (κ1) is 26.4. The number of likely N-dealkylation sites (tertiary alicyclic amines) is 1. The monoisotopic (exact) mass is 550 g/mol. The van der Waals surface area contributed by atoms with Crippen molar-refractivity contribution in [3.05, 3.63) is 46.8 Å². The molecule has 2 aliphatic rings. The van der Waals surface area contributed by atoms with Crippen LogP contribution in [0.3, 0.4) is 0 Å². The lowest BCUT2D eigenvalue weighted by Gasteiger charge is -2.24. The summed E-state index contributed by atoms with van der Waals surface area (Å²) in [5.41, 5.74) is 3.55. The fourth-order valence-corrected chi connectivity index (χ4v) is 5.23. The Morgan fingerprint density at radius 1 is 1.08 bits per heavy atom. The molecule has 2 aliphatic heterocycles. The smallest absolute Gasteiger partial charge is 0.421 e. The number of alkyl halides is 3. The molecular formula is C26H27ClF4N6O. The maximum Gasteiger partial charge on any atom is 0.421 e. The van der Waals surface area contributed by atoms with E-state index >= 15 is 0 Å². The number of aromatic nitrogens is 3. The van der Waals surface area contributed by atoms with Crippen LogP contribution in [0.2, 0.25) is 5.02 Å². The van der Waals surface area contributed by atoms with Gasteiger partial charge in [0.15, 0.2) is 0 Å². The maximum atomic E-state index is 14.5. The van der Waals surface area contributed by atoms with Gasteiger partial charge in [-0.3, -0.25) is 0 Å². The molecule has 38 heavy (non-hydrogen) atoms. The lowest BCUT2D eigenvalue weighted by molar-refractivity contribution is -0.139. The number of anilines is 2. The summed E-state index contributed by atoms with van der Waals surface area (Å²) in [7, 11) is 2.03. The summed E-state index contributed by atoms with van der Waals surface area (Å²) in [6.07, 6.45) is 2.85. The molecule has 4 heterocycles.